The normalized spacial score (nSPS) is 12.9. The number of nitrogens with one attached hydrogen (secondary N) is 2. The highest BCUT2D eigenvalue weighted by molar-refractivity contribution is 5.79. The molecule has 1 unspecified atom stereocenters. The van der Waals surface area contributed by atoms with E-state index in [1.807, 2.05) is 41.1 Å². The molecule has 22 heavy (non-hydrogen) atoms. The van der Waals surface area contributed by atoms with Crippen molar-refractivity contribution in [2.75, 3.05) is 26.7 Å². The van der Waals surface area contributed by atoms with E-state index in [1.165, 1.54) is 0 Å². The Morgan fingerprint density at radius 2 is 2.14 bits per heavy atom. The number of guanidine groups is 1. The fourth-order valence-corrected chi connectivity index (χ4v) is 2.18. The molecule has 0 saturated heterocycles. The van der Waals surface area contributed by atoms with E-state index in [0.29, 0.717) is 6.54 Å². The summed E-state index contributed by atoms with van der Waals surface area (Å²) in [6.45, 7) is 2.31. The molecule has 1 heterocycles. The topological polar surface area (TPSA) is 74.5 Å². The van der Waals surface area contributed by atoms with Crippen molar-refractivity contribution in [3.8, 4) is 0 Å². The van der Waals surface area contributed by atoms with E-state index >= 15 is 0 Å². The number of benzene rings is 1. The summed E-state index contributed by atoms with van der Waals surface area (Å²) in [6, 6.07) is 9.99. The molecule has 0 aliphatic rings. The van der Waals surface area contributed by atoms with Crippen molar-refractivity contribution in [1.82, 2.24) is 20.2 Å². The zero-order chi connectivity index (χ0) is 15.6. The SMILES string of the molecule is CN=C(NCCn1ccnc1)NCC(CO)c1ccccc1. The third-order valence-electron chi connectivity index (χ3n) is 3.45. The number of aromatic nitrogens is 2. The van der Waals surface area contributed by atoms with Gasteiger partial charge in [-0.2, -0.15) is 0 Å². The van der Waals surface area contributed by atoms with Crippen molar-refractivity contribution in [3.05, 3.63) is 54.6 Å². The molecule has 1 aromatic carbocycles. The summed E-state index contributed by atoms with van der Waals surface area (Å²) in [5.41, 5.74) is 1.12. The number of aliphatic hydroxyl groups is 1. The maximum Gasteiger partial charge on any atom is 0.191 e. The minimum atomic E-state index is 0.0494. The molecule has 2 rings (SSSR count). The molecule has 118 valence electrons. The van der Waals surface area contributed by atoms with Crippen LogP contribution < -0.4 is 10.6 Å². The number of aliphatic hydroxyl groups excluding tert-OH is 1. The molecule has 6 nitrogen and oxygen atoms in total. The first kappa shape index (κ1) is 16.0. The molecule has 0 aliphatic heterocycles. The Hall–Kier alpha value is -2.34. The zero-order valence-corrected chi connectivity index (χ0v) is 12.8. The summed E-state index contributed by atoms with van der Waals surface area (Å²) >= 11 is 0. The van der Waals surface area contributed by atoms with Crippen LogP contribution in [0.15, 0.2) is 54.0 Å². The van der Waals surface area contributed by atoms with E-state index in [9.17, 15) is 5.11 Å². The molecule has 1 aromatic heterocycles. The third kappa shape index (κ3) is 4.89. The monoisotopic (exact) mass is 301 g/mol. The van der Waals surface area contributed by atoms with Crippen LogP contribution in [0, 0.1) is 0 Å². The van der Waals surface area contributed by atoms with Gasteiger partial charge >= 0.3 is 0 Å². The highest BCUT2D eigenvalue weighted by Gasteiger charge is 2.10. The van der Waals surface area contributed by atoms with Gasteiger partial charge in [0, 0.05) is 45.0 Å². The molecule has 0 aliphatic carbocycles. The first-order valence-electron chi connectivity index (χ1n) is 7.39. The van der Waals surface area contributed by atoms with Gasteiger partial charge in [-0.1, -0.05) is 30.3 Å². The van der Waals surface area contributed by atoms with E-state index in [-0.39, 0.29) is 12.5 Å². The Kier molecular flexibility index (Phi) is 6.44. The van der Waals surface area contributed by atoms with Gasteiger partial charge < -0.3 is 20.3 Å². The summed E-state index contributed by atoms with van der Waals surface area (Å²) in [6.07, 6.45) is 5.48. The lowest BCUT2D eigenvalue weighted by Crippen LogP contribution is -2.41. The van der Waals surface area contributed by atoms with Crippen LogP contribution in [0.5, 0.6) is 0 Å². The number of imidazole rings is 1. The highest BCUT2D eigenvalue weighted by atomic mass is 16.3. The summed E-state index contributed by atoms with van der Waals surface area (Å²) in [5, 5.41) is 16.1. The summed E-state index contributed by atoms with van der Waals surface area (Å²) < 4.78 is 2.00. The van der Waals surface area contributed by atoms with Crippen LogP contribution in [0.4, 0.5) is 0 Å². The highest BCUT2D eigenvalue weighted by Crippen LogP contribution is 2.13. The van der Waals surface area contributed by atoms with E-state index in [1.54, 1.807) is 19.6 Å². The number of rotatable bonds is 7. The first-order valence-corrected chi connectivity index (χ1v) is 7.39. The standard InChI is InChI=1S/C16H23N5O/c1-17-16(19-8-10-21-9-7-18-13-21)20-11-15(12-22)14-5-3-2-4-6-14/h2-7,9,13,15,22H,8,10-12H2,1H3,(H2,17,19,20). The zero-order valence-electron chi connectivity index (χ0n) is 12.8. The second-order valence-corrected chi connectivity index (χ2v) is 4.97. The predicted molar refractivity (Wildman–Crippen MR) is 87.9 cm³/mol. The van der Waals surface area contributed by atoms with Crippen molar-refractivity contribution in [2.24, 2.45) is 4.99 Å². The number of hydrogen-bond acceptors (Lipinski definition) is 3. The Labute approximate surface area is 130 Å². The molecule has 3 N–H and O–H groups in total. The van der Waals surface area contributed by atoms with E-state index in [4.69, 9.17) is 0 Å². The summed E-state index contributed by atoms with van der Waals surface area (Å²) in [7, 11) is 1.74. The average molecular weight is 301 g/mol. The van der Waals surface area contributed by atoms with Crippen molar-refractivity contribution >= 4 is 5.96 Å². The molecule has 0 spiro atoms. The van der Waals surface area contributed by atoms with Crippen molar-refractivity contribution in [1.29, 1.82) is 0 Å². The molecule has 0 fully saturated rings. The van der Waals surface area contributed by atoms with Crippen LogP contribution in [-0.2, 0) is 6.54 Å². The van der Waals surface area contributed by atoms with Gasteiger partial charge in [-0.05, 0) is 5.56 Å². The van der Waals surface area contributed by atoms with E-state index in [2.05, 4.69) is 20.6 Å². The summed E-state index contributed by atoms with van der Waals surface area (Å²) in [4.78, 5) is 8.20. The van der Waals surface area contributed by atoms with Crippen LogP contribution in [0.25, 0.3) is 0 Å². The second-order valence-electron chi connectivity index (χ2n) is 4.97. The number of aliphatic imine (C=N–C) groups is 1. The Morgan fingerprint density at radius 3 is 2.77 bits per heavy atom. The van der Waals surface area contributed by atoms with Crippen molar-refractivity contribution in [2.45, 2.75) is 12.5 Å². The fourth-order valence-electron chi connectivity index (χ4n) is 2.18. The smallest absolute Gasteiger partial charge is 0.191 e. The van der Waals surface area contributed by atoms with E-state index in [0.717, 1.165) is 24.6 Å². The van der Waals surface area contributed by atoms with Crippen LogP contribution >= 0.6 is 0 Å². The van der Waals surface area contributed by atoms with Gasteiger partial charge in [0.2, 0.25) is 0 Å². The molecular weight excluding hydrogens is 278 g/mol. The molecule has 0 bridgehead atoms. The van der Waals surface area contributed by atoms with E-state index < -0.39 is 0 Å². The second kappa shape index (κ2) is 8.84. The van der Waals surface area contributed by atoms with Gasteiger partial charge in [0.05, 0.1) is 12.9 Å². The number of hydrogen-bond donors (Lipinski definition) is 3. The molecule has 0 saturated carbocycles. The lowest BCUT2D eigenvalue weighted by Gasteiger charge is -2.18. The van der Waals surface area contributed by atoms with Crippen LogP contribution in [0.2, 0.25) is 0 Å². The molecule has 1 atom stereocenters. The maximum atomic E-state index is 9.56. The summed E-state index contributed by atoms with van der Waals surface area (Å²) in [5.74, 6) is 0.780. The number of nitrogens with zero attached hydrogens (tertiary/aromatic N) is 3. The minimum absolute atomic E-state index is 0.0494. The van der Waals surface area contributed by atoms with Gasteiger partial charge in [-0.25, -0.2) is 4.98 Å². The van der Waals surface area contributed by atoms with Gasteiger partial charge in [0.25, 0.3) is 0 Å². The van der Waals surface area contributed by atoms with Gasteiger partial charge in [-0.15, -0.1) is 0 Å². The third-order valence-corrected chi connectivity index (χ3v) is 3.45. The lowest BCUT2D eigenvalue weighted by molar-refractivity contribution is 0.265. The molecule has 2 aromatic rings. The quantitative estimate of drug-likeness (QED) is 0.523. The minimum Gasteiger partial charge on any atom is -0.396 e. The Morgan fingerprint density at radius 1 is 1.32 bits per heavy atom. The van der Waals surface area contributed by atoms with Crippen molar-refractivity contribution in [3.63, 3.8) is 0 Å². The molecule has 0 amide bonds. The molecule has 6 heteroatoms. The predicted octanol–water partition coefficient (Wildman–Crippen LogP) is 0.824. The fraction of sp³-hybridized carbons (Fsp3) is 0.375. The van der Waals surface area contributed by atoms with Crippen LogP contribution in [0.1, 0.15) is 11.5 Å². The Bertz CT molecular complexity index is 553. The van der Waals surface area contributed by atoms with Gasteiger partial charge in [0.1, 0.15) is 0 Å². The average Bonchev–Trinajstić information content (AvgIpc) is 3.08. The lowest BCUT2D eigenvalue weighted by atomic mass is 10.0. The van der Waals surface area contributed by atoms with Gasteiger partial charge in [-0.3, -0.25) is 4.99 Å². The van der Waals surface area contributed by atoms with Gasteiger partial charge in [0.15, 0.2) is 5.96 Å². The molecule has 0 radical (unpaired) electrons. The largest absolute Gasteiger partial charge is 0.396 e. The molecular formula is C16H23N5O. The maximum absolute atomic E-state index is 9.56. The van der Waals surface area contributed by atoms with Crippen LogP contribution in [0.3, 0.4) is 0 Å². The van der Waals surface area contributed by atoms with Crippen LogP contribution in [-0.4, -0.2) is 47.4 Å². The first-order chi connectivity index (χ1) is 10.8. The van der Waals surface area contributed by atoms with Crippen molar-refractivity contribution < 1.29 is 5.11 Å². The Balaban J connectivity index is 1.77.